The number of halogens is 1. The summed E-state index contributed by atoms with van der Waals surface area (Å²) in [6.45, 7) is 6.84. The minimum atomic E-state index is -4.31. The van der Waals surface area contributed by atoms with Gasteiger partial charge in [-0.2, -0.15) is 4.31 Å². The number of sulfonamides is 1. The van der Waals surface area contributed by atoms with Crippen molar-refractivity contribution >= 4 is 35.5 Å². The van der Waals surface area contributed by atoms with Crippen molar-refractivity contribution in [3.8, 4) is 0 Å². The molecule has 0 heterocycles. The highest BCUT2D eigenvalue weighted by Gasteiger charge is 2.36. The average Bonchev–Trinajstić information content (AvgIpc) is 3.13. The summed E-state index contributed by atoms with van der Waals surface area (Å²) in [6.07, 6.45) is 0.222. The van der Waals surface area contributed by atoms with Crippen LogP contribution in [0.2, 0.25) is 0 Å². The van der Waals surface area contributed by atoms with E-state index in [9.17, 15) is 27.0 Å². The molecule has 0 spiro atoms. The van der Waals surface area contributed by atoms with Crippen molar-refractivity contribution in [1.82, 2.24) is 14.9 Å². The highest BCUT2D eigenvalue weighted by molar-refractivity contribution is 7.89. The van der Waals surface area contributed by atoms with E-state index in [-0.39, 0.29) is 55.8 Å². The number of nitrogens with zero attached hydrogens (tertiary/aromatic N) is 1. The molecular formula is C37H52FN4O9PS. The van der Waals surface area contributed by atoms with E-state index in [1.165, 1.54) is 23.5 Å². The van der Waals surface area contributed by atoms with E-state index in [2.05, 4.69) is 10.6 Å². The Morgan fingerprint density at radius 3 is 2.00 bits per heavy atom. The second-order valence-electron chi connectivity index (χ2n) is 12.6. The first kappa shape index (κ1) is 43.6. The van der Waals surface area contributed by atoms with Crippen LogP contribution in [-0.2, 0) is 37.7 Å². The molecule has 0 saturated carbocycles. The predicted octanol–water partition coefficient (Wildman–Crippen LogP) is 6.46. The van der Waals surface area contributed by atoms with Crippen LogP contribution in [0.15, 0.2) is 83.8 Å². The van der Waals surface area contributed by atoms with Crippen LogP contribution in [-0.4, -0.2) is 76.8 Å². The van der Waals surface area contributed by atoms with Crippen LogP contribution in [0.3, 0.4) is 0 Å². The first-order valence-corrected chi connectivity index (χ1v) is 20.5. The Balaban J connectivity index is 1.85. The van der Waals surface area contributed by atoms with Gasteiger partial charge in [0.1, 0.15) is 11.9 Å². The zero-order chi connectivity index (χ0) is 39.0. The number of rotatable bonds is 22. The van der Waals surface area contributed by atoms with Crippen molar-refractivity contribution in [2.24, 2.45) is 5.92 Å². The Hall–Kier alpha value is -3.85. The van der Waals surface area contributed by atoms with Gasteiger partial charge in [-0.3, -0.25) is 18.4 Å². The number of methoxy groups -OCH3 is 1. The smallest absolute Gasteiger partial charge is 0.453 e. The number of ether oxygens (including phenoxy) is 1. The molecule has 292 valence electrons. The molecule has 4 N–H and O–H groups in total. The van der Waals surface area contributed by atoms with Gasteiger partial charge in [-0.15, -0.1) is 0 Å². The number of hydrogen-bond acceptors (Lipinski definition) is 10. The van der Waals surface area contributed by atoms with E-state index in [0.29, 0.717) is 12.8 Å². The van der Waals surface area contributed by atoms with Crippen LogP contribution < -0.4 is 16.4 Å². The summed E-state index contributed by atoms with van der Waals surface area (Å²) in [6, 6.07) is 20.0. The fourth-order valence-electron chi connectivity index (χ4n) is 5.73. The zero-order valence-corrected chi connectivity index (χ0v) is 32.6. The minimum absolute atomic E-state index is 0.0294. The summed E-state index contributed by atoms with van der Waals surface area (Å²) < 4.78 is 78.1. The lowest BCUT2D eigenvalue weighted by molar-refractivity contribution is -0.123. The van der Waals surface area contributed by atoms with Crippen LogP contribution in [0.4, 0.5) is 14.9 Å². The van der Waals surface area contributed by atoms with Crippen LogP contribution >= 0.6 is 7.82 Å². The summed E-state index contributed by atoms with van der Waals surface area (Å²) in [5.74, 6) is -2.02. The van der Waals surface area contributed by atoms with Crippen molar-refractivity contribution in [3.05, 3.63) is 95.8 Å². The number of benzene rings is 3. The number of nitrogens with one attached hydrogen (secondary N) is 2. The number of carbonyl (C=O) groups excluding carboxylic acids is 2. The molecule has 1 unspecified atom stereocenters. The molecule has 3 aromatic carbocycles. The van der Waals surface area contributed by atoms with Gasteiger partial charge < -0.3 is 21.1 Å². The molecule has 0 fully saturated rings. The van der Waals surface area contributed by atoms with Crippen molar-refractivity contribution in [3.63, 3.8) is 0 Å². The summed E-state index contributed by atoms with van der Waals surface area (Å²) in [5.41, 5.74) is 7.04. The lowest BCUT2D eigenvalue weighted by Crippen LogP contribution is -2.50. The van der Waals surface area contributed by atoms with Crippen LogP contribution in [0, 0.1) is 11.7 Å². The number of phosphoric ester groups is 1. The first-order chi connectivity index (χ1) is 25.3. The highest BCUT2D eigenvalue weighted by Crippen LogP contribution is 2.49. The monoisotopic (exact) mass is 778 g/mol. The molecule has 16 heteroatoms. The van der Waals surface area contributed by atoms with E-state index in [0.717, 1.165) is 17.2 Å². The van der Waals surface area contributed by atoms with Gasteiger partial charge in [0.15, 0.2) is 0 Å². The number of unbranched alkanes of at least 4 members (excludes halogenated alkanes) is 1. The van der Waals surface area contributed by atoms with Gasteiger partial charge in [0.05, 0.1) is 37.5 Å². The third-order valence-electron chi connectivity index (χ3n) is 8.19. The molecule has 2 amide bonds. The number of phosphoric acid groups is 1. The molecule has 0 aliphatic carbocycles. The van der Waals surface area contributed by atoms with E-state index in [1.807, 2.05) is 74.5 Å². The number of carbonyl (C=O) groups is 2. The van der Waals surface area contributed by atoms with Crippen molar-refractivity contribution in [1.29, 1.82) is 0 Å². The van der Waals surface area contributed by atoms with Gasteiger partial charge in [0.25, 0.3) is 0 Å². The van der Waals surface area contributed by atoms with Gasteiger partial charge in [0, 0.05) is 25.0 Å². The lowest BCUT2D eigenvalue weighted by atomic mass is 9.84. The predicted molar refractivity (Wildman–Crippen MR) is 201 cm³/mol. The second kappa shape index (κ2) is 21.1. The van der Waals surface area contributed by atoms with E-state index >= 15 is 0 Å². The Morgan fingerprint density at radius 2 is 1.49 bits per heavy atom. The normalized spacial score (nSPS) is 13.2. The number of alkyl carbamates (subject to hydrolysis) is 1. The fourth-order valence-corrected chi connectivity index (χ4v) is 8.76. The number of hydrogen-bond donors (Lipinski definition) is 3. The second-order valence-corrected chi connectivity index (χ2v) is 16.1. The van der Waals surface area contributed by atoms with Gasteiger partial charge >= 0.3 is 13.9 Å². The minimum Gasteiger partial charge on any atom is -0.453 e. The maximum atomic E-state index is 14.5. The lowest BCUT2D eigenvalue weighted by Gasteiger charge is -2.33. The average molecular weight is 779 g/mol. The Labute approximate surface area is 312 Å². The molecule has 0 aliphatic rings. The molecule has 0 radical (unpaired) electrons. The number of nitrogens with two attached hydrogens (primary N) is 1. The topological polar surface area (TPSA) is 176 Å². The summed E-state index contributed by atoms with van der Waals surface area (Å²) in [7, 11) is -7.11. The largest absolute Gasteiger partial charge is 0.474 e. The van der Waals surface area contributed by atoms with Gasteiger partial charge in [-0.05, 0) is 61.9 Å². The van der Waals surface area contributed by atoms with Crippen molar-refractivity contribution in [2.45, 2.75) is 69.9 Å². The summed E-state index contributed by atoms with van der Waals surface area (Å²) in [4.78, 5) is 26.0. The molecule has 53 heavy (non-hydrogen) atoms. The van der Waals surface area contributed by atoms with Crippen LogP contribution in [0.25, 0.3) is 0 Å². The zero-order valence-electron chi connectivity index (χ0n) is 30.9. The molecule has 13 nitrogen and oxygen atoms in total. The summed E-state index contributed by atoms with van der Waals surface area (Å²) >= 11 is 0. The van der Waals surface area contributed by atoms with E-state index in [1.54, 1.807) is 13.8 Å². The Kier molecular flexibility index (Phi) is 17.4. The molecular weight excluding hydrogens is 726 g/mol. The third-order valence-corrected chi connectivity index (χ3v) is 11.7. The summed E-state index contributed by atoms with van der Waals surface area (Å²) in [5, 5.41) is 5.61. The molecule has 0 saturated heterocycles. The quantitative estimate of drug-likeness (QED) is 0.0583. The highest BCUT2D eigenvalue weighted by atomic mass is 32.2. The Bertz CT molecular complexity index is 1700. The number of nitrogen functional groups attached to an aromatic ring is 1. The van der Waals surface area contributed by atoms with Crippen molar-refractivity contribution < 1.29 is 45.3 Å². The molecule has 2 atom stereocenters. The van der Waals surface area contributed by atoms with Crippen LogP contribution in [0.1, 0.15) is 64.0 Å². The molecule has 0 aliphatic heterocycles. The molecule has 0 bridgehead atoms. The molecule has 0 aromatic heterocycles. The first-order valence-electron chi connectivity index (χ1n) is 17.6. The van der Waals surface area contributed by atoms with Gasteiger partial charge in [0.2, 0.25) is 15.9 Å². The maximum absolute atomic E-state index is 14.5. The van der Waals surface area contributed by atoms with Gasteiger partial charge in [-0.1, -0.05) is 80.9 Å². The third kappa shape index (κ3) is 12.9. The van der Waals surface area contributed by atoms with E-state index < -0.39 is 53.7 Å². The molecule has 3 rings (SSSR count). The van der Waals surface area contributed by atoms with Crippen molar-refractivity contribution in [2.75, 3.05) is 45.8 Å². The Morgan fingerprint density at radius 1 is 0.906 bits per heavy atom. The SMILES string of the molecule is CCOP(=O)(OCC)OCC(CCCCNC(=O)[C@@H](NC(=O)OC)C(c1ccccc1)c1ccccc1)N(CC(C)C)S(=O)(=O)c1ccc(N)c(F)c1. The fraction of sp³-hybridized carbons (Fsp3) is 0.459. The number of anilines is 1. The van der Waals surface area contributed by atoms with E-state index in [4.69, 9.17) is 24.0 Å². The number of amides is 2. The molecule has 3 aromatic rings. The maximum Gasteiger partial charge on any atom is 0.474 e. The standard InChI is InChI=1S/C37H52FN4O9PS/c1-6-49-52(45,50-7-2)51-26-30(42(25-27(3)4)53(46,47)31-21-22-33(39)32(38)24-31)20-14-15-23-40-36(43)35(41-37(44)48-5)34(28-16-10-8-11-17-28)29-18-12-9-13-19-29/h8-13,16-19,21-22,24,27,30,34-35H,6-7,14-15,20,23,25-26,39H2,1-5H3,(H,40,43)(H,41,44)/t30?,35-/m0/s1. The van der Waals surface area contributed by atoms with Gasteiger partial charge in [-0.25, -0.2) is 22.2 Å². The van der Waals surface area contributed by atoms with Crippen LogP contribution in [0.5, 0.6) is 0 Å².